The number of likely N-dealkylation sites (tertiary alicyclic amines) is 1. The van der Waals surface area contributed by atoms with Gasteiger partial charge in [0.2, 0.25) is 0 Å². The summed E-state index contributed by atoms with van der Waals surface area (Å²) in [5.41, 5.74) is 7.94. The van der Waals surface area contributed by atoms with E-state index in [4.69, 9.17) is 5.73 Å². The third-order valence-corrected chi connectivity index (χ3v) is 4.48. The molecule has 1 saturated heterocycles. The topological polar surface area (TPSA) is 32.5 Å². The summed E-state index contributed by atoms with van der Waals surface area (Å²) >= 11 is 0. The summed E-state index contributed by atoms with van der Waals surface area (Å²) in [6.45, 7) is 8.14. The first-order valence-corrected chi connectivity index (χ1v) is 7.41. The summed E-state index contributed by atoms with van der Waals surface area (Å²) < 4.78 is 0. The van der Waals surface area contributed by atoms with Crippen LogP contribution >= 0.6 is 0 Å². The molecule has 0 aromatic heterocycles. The standard InChI is InChI=1S/C16H27N3/c1-4-19-11-5-6-16(19)12-18(3)13(2)14-7-9-15(17)10-8-14/h7-10,13,16H,4-6,11-12,17H2,1-3H3. The van der Waals surface area contributed by atoms with Crippen molar-refractivity contribution >= 4 is 5.69 Å². The molecule has 1 aromatic rings. The number of benzene rings is 1. The van der Waals surface area contributed by atoms with Crippen LogP contribution in [0.1, 0.15) is 38.3 Å². The highest BCUT2D eigenvalue weighted by molar-refractivity contribution is 5.40. The fourth-order valence-corrected chi connectivity index (χ4v) is 3.04. The summed E-state index contributed by atoms with van der Waals surface area (Å²) in [5.74, 6) is 0. The Hall–Kier alpha value is -1.06. The number of nitrogens with two attached hydrogens (primary N) is 1. The summed E-state index contributed by atoms with van der Waals surface area (Å²) in [6, 6.07) is 9.44. The lowest BCUT2D eigenvalue weighted by Crippen LogP contribution is -2.39. The molecule has 0 radical (unpaired) electrons. The molecule has 1 fully saturated rings. The van der Waals surface area contributed by atoms with Crippen LogP contribution in [-0.4, -0.2) is 42.5 Å². The molecule has 1 aromatic carbocycles. The molecule has 1 aliphatic rings. The quantitative estimate of drug-likeness (QED) is 0.827. The summed E-state index contributed by atoms with van der Waals surface area (Å²) in [7, 11) is 2.23. The van der Waals surface area contributed by atoms with E-state index in [1.54, 1.807) is 0 Å². The van der Waals surface area contributed by atoms with Crippen LogP contribution < -0.4 is 5.73 Å². The molecular weight excluding hydrogens is 234 g/mol. The van der Waals surface area contributed by atoms with Crippen molar-refractivity contribution in [2.24, 2.45) is 0 Å². The van der Waals surface area contributed by atoms with Crippen molar-refractivity contribution in [1.82, 2.24) is 9.80 Å². The summed E-state index contributed by atoms with van der Waals surface area (Å²) in [4.78, 5) is 5.07. The zero-order chi connectivity index (χ0) is 13.8. The lowest BCUT2D eigenvalue weighted by molar-refractivity contribution is 0.170. The lowest BCUT2D eigenvalue weighted by Gasteiger charge is -2.31. The van der Waals surface area contributed by atoms with Gasteiger partial charge in [0.15, 0.2) is 0 Å². The maximum atomic E-state index is 5.75. The summed E-state index contributed by atoms with van der Waals surface area (Å²) in [5, 5.41) is 0. The van der Waals surface area contributed by atoms with Crippen LogP contribution in [0.25, 0.3) is 0 Å². The normalized spacial score (nSPS) is 22.0. The molecular formula is C16H27N3. The van der Waals surface area contributed by atoms with E-state index in [0.29, 0.717) is 6.04 Å². The van der Waals surface area contributed by atoms with Crippen LogP contribution in [0.4, 0.5) is 5.69 Å². The van der Waals surface area contributed by atoms with Gasteiger partial charge in [0.1, 0.15) is 0 Å². The Morgan fingerprint density at radius 2 is 2.05 bits per heavy atom. The number of hydrogen-bond acceptors (Lipinski definition) is 3. The van der Waals surface area contributed by atoms with Gasteiger partial charge >= 0.3 is 0 Å². The Morgan fingerprint density at radius 3 is 2.68 bits per heavy atom. The average molecular weight is 261 g/mol. The van der Waals surface area contributed by atoms with Crippen LogP contribution in [0, 0.1) is 0 Å². The second-order valence-electron chi connectivity index (χ2n) is 5.71. The van der Waals surface area contributed by atoms with Crippen molar-refractivity contribution in [3.05, 3.63) is 29.8 Å². The molecule has 0 aliphatic carbocycles. The number of hydrogen-bond donors (Lipinski definition) is 1. The smallest absolute Gasteiger partial charge is 0.0317 e. The van der Waals surface area contributed by atoms with Crippen molar-refractivity contribution in [2.45, 2.75) is 38.8 Å². The maximum Gasteiger partial charge on any atom is 0.0317 e. The van der Waals surface area contributed by atoms with E-state index in [1.807, 2.05) is 12.1 Å². The predicted molar refractivity (Wildman–Crippen MR) is 82.2 cm³/mol. The molecule has 2 rings (SSSR count). The fourth-order valence-electron chi connectivity index (χ4n) is 3.04. The second kappa shape index (κ2) is 6.40. The number of likely N-dealkylation sites (N-methyl/N-ethyl adjacent to an activating group) is 2. The number of nitrogens with zero attached hydrogens (tertiary/aromatic N) is 2. The Bertz CT molecular complexity index is 387. The maximum absolute atomic E-state index is 5.75. The van der Waals surface area contributed by atoms with Crippen molar-refractivity contribution in [3.8, 4) is 0 Å². The van der Waals surface area contributed by atoms with E-state index in [9.17, 15) is 0 Å². The molecule has 2 atom stereocenters. The molecule has 1 heterocycles. The van der Waals surface area contributed by atoms with Gasteiger partial charge in [-0.05, 0) is 57.6 Å². The van der Waals surface area contributed by atoms with Gasteiger partial charge in [-0.3, -0.25) is 9.80 Å². The Kier molecular flexibility index (Phi) is 4.83. The number of rotatable bonds is 5. The van der Waals surface area contributed by atoms with Gasteiger partial charge in [0.25, 0.3) is 0 Å². The predicted octanol–water partition coefficient (Wildman–Crippen LogP) is 2.75. The van der Waals surface area contributed by atoms with Gasteiger partial charge in [-0.25, -0.2) is 0 Å². The highest BCUT2D eigenvalue weighted by atomic mass is 15.2. The van der Waals surface area contributed by atoms with Gasteiger partial charge < -0.3 is 5.73 Å². The molecule has 3 nitrogen and oxygen atoms in total. The zero-order valence-electron chi connectivity index (χ0n) is 12.5. The lowest BCUT2D eigenvalue weighted by atomic mass is 10.1. The molecule has 0 spiro atoms. The minimum absolute atomic E-state index is 0.444. The van der Waals surface area contributed by atoms with Gasteiger partial charge in [-0.2, -0.15) is 0 Å². The van der Waals surface area contributed by atoms with E-state index in [2.05, 4.69) is 42.8 Å². The molecule has 2 N–H and O–H groups in total. The highest BCUT2D eigenvalue weighted by Gasteiger charge is 2.25. The first-order chi connectivity index (χ1) is 9.11. The third-order valence-electron chi connectivity index (χ3n) is 4.48. The Labute approximate surface area is 117 Å². The molecule has 3 heteroatoms. The van der Waals surface area contributed by atoms with Crippen molar-refractivity contribution in [1.29, 1.82) is 0 Å². The molecule has 0 bridgehead atoms. The minimum atomic E-state index is 0.444. The van der Waals surface area contributed by atoms with E-state index in [0.717, 1.165) is 18.3 Å². The monoisotopic (exact) mass is 261 g/mol. The van der Waals surface area contributed by atoms with Crippen LogP contribution in [0.5, 0.6) is 0 Å². The number of nitrogen functional groups attached to an aromatic ring is 1. The molecule has 0 amide bonds. The van der Waals surface area contributed by atoms with E-state index in [-0.39, 0.29) is 0 Å². The van der Waals surface area contributed by atoms with Crippen LogP contribution in [0.2, 0.25) is 0 Å². The third kappa shape index (κ3) is 3.48. The Morgan fingerprint density at radius 1 is 1.37 bits per heavy atom. The molecule has 2 unspecified atom stereocenters. The van der Waals surface area contributed by atoms with Crippen LogP contribution in [0.3, 0.4) is 0 Å². The molecule has 19 heavy (non-hydrogen) atoms. The summed E-state index contributed by atoms with van der Waals surface area (Å²) in [6.07, 6.45) is 2.69. The second-order valence-corrected chi connectivity index (χ2v) is 5.71. The average Bonchev–Trinajstić information content (AvgIpc) is 2.86. The van der Waals surface area contributed by atoms with E-state index in [1.165, 1.54) is 31.5 Å². The first kappa shape index (κ1) is 14.4. The van der Waals surface area contributed by atoms with Crippen LogP contribution in [-0.2, 0) is 0 Å². The highest BCUT2D eigenvalue weighted by Crippen LogP contribution is 2.23. The first-order valence-electron chi connectivity index (χ1n) is 7.41. The fraction of sp³-hybridized carbons (Fsp3) is 0.625. The van der Waals surface area contributed by atoms with Crippen LogP contribution in [0.15, 0.2) is 24.3 Å². The van der Waals surface area contributed by atoms with Gasteiger partial charge in [0.05, 0.1) is 0 Å². The van der Waals surface area contributed by atoms with Crippen molar-refractivity contribution in [3.63, 3.8) is 0 Å². The zero-order valence-corrected chi connectivity index (χ0v) is 12.5. The van der Waals surface area contributed by atoms with Crippen molar-refractivity contribution in [2.75, 3.05) is 32.4 Å². The Balaban J connectivity index is 1.95. The van der Waals surface area contributed by atoms with Gasteiger partial charge in [-0.15, -0.1) is 0 Å². The van der Waals surface area contributed by atoms with E-state index < -0.39 is 0 Å². The SMILES string of the molecule is CCN1CCCC1CN(C)C(C)c1ccc(N)cc1. The minimum Gasteiger partial charge on any atom is -0.399 e. The molecule has 1 aliphatic heterocycles. The molecule has 0 saturated carbocycles. The van der Waals surface area contributed by atoms with E-state index >= 15 is 0 Å². The van der Waals surface area contributed by atoms with Gasteiger partial charge in [0, 0.05) is 24.3 Å². The number of anilines is 1. The van der Waals surface area contributed by atoms with Crippen molar-refractivity contribution < 1.29 is 0 Å². The molecule has 106 valence electrons. The van der Waals surface area contributed by atoms with Gasteiger partial charge in [-0.1, -0.05) is 19.1 Å². The largest absolute Gasteiger partial charge is 0.399 e.